The number of rotatable bonds is 2. The lowest BCUT2D eigenvalue weighted by Crippen LogP contribution is -2.35. The van der Waals surface area contributed by atoms with Gasteiger partial charge in [-0.3, -0.25) is 10.7 Å². The van der Waals surface area contributed by atoms with Crippen molar-refractivity contribution in [3.05, 3.63) is 70.7 Å². The fraction of sp³-hybridized carbons (Fsp3) is 0.188. The Labute approximate surface area is 106 Å². The van der Waals surface area contributed by atoms with E-state index in [1.54, 1.807) is 0 Å². The minimum Gasteiger partial charge on any atom is -0.300 e. The number of benzene rings is 2. The van der Waals surface area contributed by atoms with Crippen molar-refractivity contribution in [3.8, 4) is 0 Å². The first-order chi connectivity index (χ1) is 8.75. The second kappa shape index (κ2) is 4.07. The third kappa shape index (κ3) is 1.50. The SMILES string of the molecule is CCC1=c2ccccc2=NC1(N)c1ccccc1. The Morgan fingerprint density at radius 3 is 2.39 bits per heavy atom. The molecule has 18 heavy (non-hydrogen) atoms. The van der Waals surface area contributed by atoms with E-state index in [4.69, 9.17) is 10.7 Å². The van der Waals surface area contributed by atoms with Crippen LogP contribution in [0.1, 0.15) is 18.9 Å². The number of para-hydroxylation sites is 1. The first-order valence-corrected chi connectivity index (χ1v) is 6.28. The van der Waals surface area contributed by atoms with Crippen LogP contribution in [-0.2, 0) is 5.66 Å². The summed E-state index contributed by atoms with van der Waals surface area (Å²) in [7, 11) is 0. The van der Waals surface area contributed by atoms with Crippen LogP contribution < -0.4 is 16.3 Å². The van der Waals surface area contributed by atoms with Crippen molar-refractivity contribution in [3.63, 3.8) is 0 Å². The molecule has 1 unspecified atom stereocenters. The molecule has 1 heterocycles. The van der Waals surface area contributed by atoms with Crippen molar-refractivity contribution in [2.45, 2.75) is 19.0 Å². The van der Waals surface area contributed by atoms with Gasteiger partial charge in [-0.15, -0.1) is 0 Å². The predicted octanol–water partition coefficient (Wildman–Crippen LogP) is 1.69. The molecule has 0 fully saturated rings. The molecule has 0 aliphatic carbocycles. The Balaban J connectivity index is 2.31. The van der Waals surface area contributed by atoms with E-state index in [0.29, 0.717) is 0 Å². The summed E-state index contributed by atoms with van der Waals surface area (Å²) in [5, 5.41) is 2.19. The van der Waals surface area contributed by atoms with Gasteiger partial charge >= 0.3 is 0 Å². The topological polar surface area (TPSA) is 38.4 Å². The minimum atomic E-state index is -0.695. The van der Waals surface area contributed by atoms with Gasteiger partial charge in [-0.05, 0) is 23.6 Å². The average molecular weight is 236 g/mol. The molecule has 2 aromatic rings. The second-order valence-electron chi connectivity index (χ2n) is 4.59. The summed E-state index contributed by atoms with van der Waals surface area (Å²) < 4.78 is 0. The standard InChI is InChI=1S/C16H16N2/c1-2-14-13-10-6-7-11-15(13)18-16(14,17)12-8-4-3-5-9-12/h3-11H,2,17H2,1H3. The lowest BCUT2D eigenvalue weighted by atomic mass is 9.91. The molecule has 0 saturated heterocycles. The Kier molecular flexibility index (Phi) is 2.53. The van der Waals surface area contributed by atoms with Gasteiger partial charge in [-0.25, -0.2) is 0 Å². The van der Waals surface area contributed by atoms with Crippen LogP contribution in [0.25, 0.3) is 5.57 Å². The van der Waals surface area contributed by atoms with Crippen LogP contribution in [-0.4, -0.2) is 0 Å². The fourth-order valence-electron chi connectivity index (χ4n) is 2.68. The highest BCUT2D eigenvalue weighted by atomic mass is 15.0. The molecule has 1 aliphatic rings. The van der Waals surface area contributed by atoms with Crippen molar-refractivity contribution in [2.24, 2.45) is 10.7 Å². The zero-order valence-electron chi connectivity index (χ0n) is 10.4. The van der Waals surface area contributed by atoms with Crippen LogP contribution in [0.5, 0.6) is 0 Å². The van der Waals surface area contributed by atoms with E-state index in [9.17, 15) is 0 Å². The van der Waals surface area contributed by atoms with Gasteiger partial charge in [0.25, 0.3) is 0 Å². The Bertz CT molecular complexity index is 689. The lowest BCUT2D eigenvalue weighted by molar-refractivity contribution is 0.597. The van der Waals surface area contributed by atoms with Gasteiger partial charge in [0.15, 0.2) is 5.66 Å². The molecule has 2 heteroatoms. The molecule has 0 bridgehead atoms. The fourth-order valence-corrected chi connectivity index (χ4v) is 2.68. The first-order valence-electron chi connectivity index (χ1n) is 6.28. The maximum Gasteiger partial charge on any atom is 0.157 e. The summed E-state index contributed by atoms with van der Waals surface area (Å²) in [6.45, 7) is 2.14. The van der Waals surface area contributed by atoms with Crippen molar-refractivity contribution >= 4 is 5.57 Å². The van der Waals surface area contributed by atoms with Gasteiger partial charge in [-0.1, -0.05) is 55.5 Å². The van der Waals surface area contributed by atoms with Crippen molar-refractivity contribution in [2.75, 3.05) is 0 Å². The summed E-state index contributed by atoms with van der Waals surface area (Å²) in [4.78, 5) is 4.75. The number of nitrogens with zero attached hydrogens (tertiary/aromatic N) is 1. The Morgan fingerprint density at radius 2 is 1.67 bits per heavy atom. The third-order valence-corrected chi connectivity index (χ3v) is 3.55. The van der Waals surface area contributed by atoms with Gasteiger partial charge < -0.3 is 0 Å². The van der Waals surface area contributed by atoms with E-state index in [1.807, 2.05) is 48.5 Å². The molecule has 1 atom stereocenters. The van der Waals surface area contributed by atoms with Crippen molar-refractivity contribution in [1.82, 2.24) is 0 Å². The highest BCUT2D eigenvalue weighted by Gasteiger charge is 2.33. The maximum absolute atomic E-state index is 6.58. The molecule has 0 saturated carbocycles. The van der Waals surface area contributed by atoms with E-state index in [0.717, 1.165) is 17.3 Å². The molecule has 0 radical (unpaired) electrons. The van der Waals surface area contributed by atoms with Crippen LogP contribution in [0.3, 0.4) is 0 Å². The largest absolute Gasteiger partial charge is 0.300 e. The predicted molar refractivity (Wildman–Crippen MR) is 73.2 cm³/mol. The van der Waals surface area contributed by atoms with Gasteiger partial charge in [0.2, 0.25) is 0 Å². The summed E-state index contributed by atoms with van der Waals surface area (Å²) in [5.41, 5.74) is 8.14. The van der Waals surface area contributed by atoms with Crippen molar-refractivity contribution in [1.29, 1.82) is 0 Å². The Hall–Kier alpha value is -1.93. The normalized spacial score (nSPS) is 21.6. The number of hydrogen-bond acceptors (Lipinski definition) is 2. The molecule has 90 valence electrons. The Morgan fingerprint density at radius 1 is 1.00 bits per heavy atom. The highest BCUT2D eigenvalue weighted by Crippen LogP contribution is 2.31. The first kappa shape index (κ1) is 11.2. The summed E-state index contributed by atoms with van der Waals surface area (Å²) >= 11 is 0. The number of hydrogen-bond donors (Lipinski definition) is 1. The number of nitrogens with two attached hydrogens (primary N) is 1. The van der Waals surface area contributed by atoms with E-state index in [-0.39, 0.29) is 0 Å². The van der Waals surface area contributed by atoms with E-state index >= 15 is 0 Å². The maximum atomic E-state index is 6.58. The zero-order chi connectivity index (χ0) is 12.6. The zero-order valence-corrected chi connectivity index (χ0v) is 10.4. The van der Waals surface area contributed by atoms with E-state index in [1.165, 1.54) is 10.8 Å². The van der Waals surface area contributed by atoms with Gasteiger partial charge in [0, 0.05) is 5.22 Å². The van der Waals surface area contributed by atoms with E-state index < -0.39 is 5.66 Å². The van der Waals surface area contributed by atoms with Gasteiger partial charge in [0.1, 0.15) is 0 Å². The monoisotopic (exact) mass is 236 g/mol. The molecule has 0 aromatic heterocycles. The van der Waals surface area contributed by atoms with Gasteiger partial charge in [-0.2, -0.15) is 0 Å². The quantitative estimate of drug-likeness (QED) is 0.846. The van der Waals surface area contributed by atoms with Crippen LogP contribution in [0, 0.1) is 0 Å². The molecule has 2 aromatic carbocycles. The molecular weight excluding hydrogens is 220 g/mol. The van der Waals surface area contributed by atoms with E-state index in [2.05, 4.69) is 13.0 Å². The molecule has 0 amide bonds. The molecule has 0 spiro atoms. The molecular formula is C16H16N2. The molecule has 2 nitrogen and oxygen atoms in total. The highest BCUT2D eigenvalue weighted by molar-refractivity contribution is 5.61. The second-order valence-corrected chi connectivity index (χ2v) is 4.59. The molecule has 3 rings (SSSR count). The minimum absolute atomic E-state index is 0.695. The van der Waals surface area contributed by atoms with Crippen LogP contribution >= 0.6 is 0 Å². The van der Waals surface area contributed by atoms with Crippen molar-refractivity contribution < 1.29 is 0 Å². The average Bonchev–Trinajstić information content (AvgIpc) is 2.72. The van der Waals surface area contributed by atoms with Crippen LogP contribution in [0.4, 0.5) is 0 Å². The lowest BCUT2D eigenvalue weighted by Gasteiger charge is -2.25. The molecule has 1 aliphatic heterocycles. The smallest absolute Gasteiger partial charge is 0.157 e. The summed E-state index contributed by atoms with van der Waals surface area (Å²) in [6.07, 6.45) is 0.909. The summed E-state index contributed by atoms with van der Waals surface area (Å²) in [5.74, 6) is 0. The third-order valence-electron chi connectivity index (χ3n) is 3.55. The van der Waals surface area contributed by atoms with Crippen LogP contribution in [0.2, 0.25) is 0 Å². The summed E-state index contributed by atoms with van der Waals surface area (Å²) in [6, 6.07) is 18.3. The number of fused-ring (bicyclic) bond motifs is 1. The van der Waals surface area contributed by atoms with Crippen LogP contribution in [0.15, 0.2) is 59.6 Å². The molecule has 2 N–H and O–H groups in total. The van der Waals surface area contributed by atoms with Gasteiger partial charge in [0.05, 0.1) is 5.36 Å².